The van der Waals surface area contributed by atoms with Crippen molar-refractivity contribution in [3.63, 3.8) is 0 Å². The Morgan fingerprint density at radius 2 is 2.08 bits per heavy atom. The molecule has 0 radical (unpaired) electrons. The molecule has 9 heteroatoms. The van der Waals surface area contributed by atoms with Gasteiger partial charge in [0, 0.05) is 28.4 Å². The van der Waals surface area contributed by atoms with Gasteiger partial charge in [0.05, 0.1) is 15.4 Å². The van der Waals surface area contributed by atoms with Crippen molar-refractivity contribution in [1.82, 2.24) is 4.98 Å². The van der Waals surface area contributed by atoms with Gasteiger partial charge in [0.2, 0.25) is 0 Å². The molecule has 3 aromatic heterocycles. The topological polar surface area (TPSA) is 50.9 Å². The summed E-state index contributed by atoms with van der Waals surface area (Å²) in [6.07, 6.45) is 0.738. The van der Waals surface area contributed by atoms with E-state index < -0.39 is 0 Å². The average Bonchev–Trinajstić information content (AvgIpc) is 3.07. The van der Waals surface area contributed by atoms with Crippen molar-refractivity contribution >= 4 is 86.6 Å². The lowest BCUT2D eigenvalue weighted by Crippen LogP contribution is -2.17. The van der Waals surface area contributed by atoms with Crippen LogP contribution >= 0.6 is 70.7 Å². The maximum absolute atomic E-state index is 6.45. The van der Waals surface area contributed by atoms with Crippen LogP contribution in [0.1, 0.15) is 16.7 Å². The van der Waals surface area contributed by atoms with Crippen LogP contribution in [0.5, 0.6) is 0 Å². The number of pyridine rings is 1. The summed E-state index contributed by atoms with van der Waals surface area (Å²) >= 11 is 15.9. The molecule has 0 aliphatic heterocycles. The summed E-state index contributed by atoms with van der Waals surface area (Å²) in [5, 5.41) is 6.60. The number of halogens is 4. The molecule has 0 aromatic carbocycles. The third kappa shape index (κ3) is 4.88. The number of hydrogen-bond donors (Lipinski definition) is 2. The highest BCUT2D eigenvalue weighted by Gasteiger charge is 2.16. The zero-order chi connectivity index (χ0) is 15.7. The summed E-state index contributed by atoms with van der Waals surface area (Å²) in [5.74, 6) is 0. The Labute approximate surface area is 171 Å². The minimum Gasteiger partial charge on any atom is -0.379 e. The molecule has 3 nitrogen and oxygen atoms in total. The van der Waals surface area contributed by atoms with Crippen molar-refractivity contribution < 1.29 is 0 Å². The van der Waals surface area contributed by atoms with E-state index in [1.54, 1.807) is 22.7 Å². The number of rotatable bonds is 5. The lowest BCUT2D eigenvalue weighted by atomic mass is 10.2. The second-order valence-corrected chi connectivity index (χ2v) is 8.03. The Balaban J connectivity index is 0.00000144. The van der Waals surface area contributed by atoms with E-state index in [4.69, 9.17) is 28.9 Å². The maximum atomic E-state index is 6.45. The lowest BCUT2D eigenvalue weighted by molar-refractivity contribution is 0.747. The van der Waals surface area contributed by atoms with E-state index in [0.29, 0.717) is 10.2 Å². The monoisotopic (exact) mass is 443 g/mol. The fourth-order valence-electron chi connectivity index (χ4n) is 2.20. The van der Waals surface area contributed by atoms with Crippen LogP contribution < -0.4 is 11.1 Å². The van der Waals surface area contributed by atoms with Gasteiger partial charge in [0.25, 0.3) is 0 Å². The van der Waals surface area contributed by atoms with E-state index in [1.807, 2.05) is 19.1 Å². The first-order valence-corrected chi connectivity index (χ1v) is 9.29. The number of nitrogens with zero attached hydrogens (tertiary/aromatic N) is 1. The highest BCUT2D eigenvalue weighted by Crippen LogP contribution is 2.40. The Bertz CT molecular complexity index is 788. The van der Waals surface area contributed by atoms with Crippen molar-refractivity contribution in [3.05, 3.63) is 43.5 Å². The van der Waals surface area contributed by atoms with Crippen molar-refractivity contribution in [2.75, 3.05) is 5.32 Å². The van der Waals surface area contributed by atoms with Crippen molar-refractivity contribution in [1.29, 1.82) is 0 Å². The zero-order valence-electron chi connectivity index (χ0n) is 12.7. The molecule has 24 heavy (non-hydrogen) atoms. The van der Waals surface area contributed by atoms with Gasteiger partial charge in [-0.3, -0.25) is 0 Å². The van der Waals surface area contributed by atoms with Gasteiger partial charge in [0.1, 0.15) is 10.7 Å². The number of anilines is 1. The fourth-order valence-corrected chi connectivity index (χ4v) is 4.69. The van der Waals surface area contributed by atoms with Gasteiger partial charge in [0.15, 0.2) is 0 Å². The second-order valence-electron chi connectivity index (χ2n) is 5.12. The molecule has 0 saturated carbocycles. The SMILES string of the molecule is C[C@H](N)Cc1sc2c(NCc3cccs3)cc(Cl)nc2c1Cl.Cl.Cl. The molecule has 0 fully saturated rings. The highest BCUT2D eigenvalue weighted by atomic mass is 35.5. The molecule has 3 aromatic rings. The molecule has 1 atom stereocenters. The predicted octanol–water partition coefficient (Wildman–Crippen LogP) is 6.01. The largest absolute Gasteiger partial charge is 0.379 e. The van der Waals surface area contributed by atoms with Crippen LogP contribution in [-0.2, 0) is 13.0 Å². The summed E-state index contributed by atoms with van der Waals surface area (Å²) in [7, 11) is 0. The molecule has 3 N–H and O–H groups in total. The molecule has 3 rings (SSSR count). The van der Waals surface area contributed by atoms with Crippen LogP contribution in [-0.4, -0.2) is 11.0 Å². The third-order valence-corrected chi connectivity index (χ3v) is 5.98. The van der Waals surface area contributed by atoms with Crippen LogP contribution in [0.2, 0.25) is 10.2 Å². The third-order valence-electron chi connectivity index (χ3n) is 3.16. The zero-order valence-corrected chi connectivity index (χ0v) is 17.5. The predicted molar refractivity (Wildman–Crippen MR) is 113 cm³/mol. The van der Waals surface area contributed by atoms with Gasteiger partial charge >= 0.3 is 0 Å². The first kappa shape index (κ1) is 21.8. The molecule has 132 valence electrons. The van der Waals surface area contributed by atoms with E-state index in [-0.39, 0.29) is 30.9 Å². The van der Waals surface area contributed by atoms with Crippen molar-refractivity contribution in [3.8, 4) is 0 Å². The van der Waals surface area contributed by atoms with E-state index >= 15 is 0 Å². The first-order valence-electron chi connectivity index (χ1n) is 6.84. The molecule has 0 bridgehead atoms. The van der Waals surface area contributed by atoms with E-state index in [1.165, 1.54) is 4.88 Å². The van der Waals surface area contributed by atoms with Crippen LogP contribution in [0.4, 0.5) is 5.69 Å². The summed E-state index contributed by atoms with van der Waals surface area (Å²) in [6, 6.07) is 6.05. The van der Waals surface area contributed by atoms with Gasteiger partial charge < -0.3 is 11.1 Å². The molecule has 0 amide bonds. The Morgan fingerprint density at radius 3 is 2.71 bits per heavy atom. The minimum atomic E-state index is 0. The second kappa shape index (κ2) is 9.43. The van der Waals surface area contributed by atoms with Gasteiger partial charge in [-0.05, 0) is 24.8 Å². The van der Waals surface area contributed by atoms with Crippen molar-refractivity contribution in [2.45, 2.75) is 25.9 Å². The van der Waals surface area contributed by atoms with Crippen LogP contribution in [0.25, 0.3) is 10.2 Å². The number of thiophene rings is 2. The number of nitrogens with one attached hydrogen (secondary N) is 1. The van der Waals surface area contributed by atoms with E-state index in [0.717, 1.165) is 33.7 Å². The molecule has 0 spiro atoms. The normalized spacial score (nSPS) is 11.7. The lowest BCUT2D eigenvalue weighted by Gasteiger charge is -2.06. The molecule has 0 aliphatic rings. The number of hydrogen-bond acceptors (Lipinski definition) is 5. The summed E-state index contributed by atoms with van der Waals surface area (Å²) in [6.45, 7) is 2.72. The van der Waals surface area contributed by atoms with Crippen LogP contribution in [0.15, 0.2) is 23.6 Å². The maximum Gasteiger partial charge on any atom is 0.131 e. The van der Waals surface area contributed by atoms with Gasteiger partial charge in [-0.2, -0.15) is 0 Å². The van der Waals surface area contributed by atoms with E-state index in [2.05, 4.69) is 21.7 Å². The summed E-state index contributed by atoms with van der Waals surface area (Å²) in [4.78, 5) is 6.69. The molecule has 3 heterocycles. The smallest absolute Gasteiger partial charge is 0.131 e. The number of fused-ring (bicyclic) bond motifs is 1. The number of nitrogens with two attached hydrogens (primary N) is 1. The number of aromatic nitrogens is 1. The summed E-state index contributed by atoms with van der Waals surface area (Å²) < 4.78 is 1.03. The van der Waals surface area contributed by atoms with Crippen LogP contribution in [0, 0.1) is 0 Å². The molecular formula is C15H17Cl4N3S2. The van der Waals surface area contributed by atoms with Gasteiger partial charge in [-0.15, -0.1) is 47.5 Å². The Kier molecular flexibility index (Phi) is 8.56. The fraction of sp³-hybridized carbons (Fsp3) is 0.267. The standard InChI is InChI=1S/C15H15Cl2N3S2.2ClH/c1-8(18)5-11-13(17)14-15(22-11)10(6-12(16)20-14)19-7-9-3-2-4-21-9;;/h2-4,6,8H,5,7,18H2,1H3,(H,19,20);2*1H/t8-;;/m0../s1. The molecule has 0 saturated heterocycles. The summed E-state index contributed by atoms with van der Waals surface area (Å²) in [5.41, 5.74) is 7.61. The van der Waals surface area contributed by atoms with Crippen molar-refractivity contribution in [2.24, 2.45) is 5.73 Å². The average molecular weight is 445 g/mol. The van der Waals surface area contributed by atoms with Gasteiger partial charge in [-0.25, -0.2) is 4.98 Å². The Morgan fingerprint density at radius 1 is 1.33 bits per heavy atom. The van der Waals surface area contributed by atoms with E-state index in [9.17, 15) is 0 Å². The van der Waals surface area contributed by atoms with Gasteiger partial charge in [-0.1, -0.05) is 29.3 Å². The highest BCUT2D eigenvalue weighted by molar-refractivity contribution is 7.20. The Hall–Kier alpha value is -0.270. The minimum absolute atomic E-state index is 0. The first-order chi connectivity index (χ1) is 10.5. The molecule has 0 unspecified atom stereocenters. The molecule has 0 aliphatic carbocycles. The molecular weight excluding hydrogens is 428 g/mol. The quantitative estimate of drug-likeness (QED) is 0.473. The van der Waals surface area contributed by atoms with Crippen LogP contribution in [0.3, 0.4) is 0 Å².